The van der Waals surface area contributed by atoms with Crippen LogP contribution < -0.4 is 4.90 Å². The molecule has 0 amide bonds. The van der Waals surface area contributed by atoms with Crippen molar-refractivity contribution in [2.45, 2.75) is 32.6 Å². The molecule has 1 spiro atoms. The normalized spacial score (nSPS) is 20.4. The van der Waals surface area contributed by atoms with Crippen LogP contribution in [0.5, 0.6) is 0 Å². The van der Waals surface area contributed by atoms with E-state index in [2.05, 4.69) is 34.1 Å². The number of piperidine rings is 1. The van der Waals surface area contributed by atoms with E-state index >= 15 is 0 Å². The molecule has 2 heterocycles. The zero-order valence-electron chi connectivity index (χ0n) is 11.8. The Morgan fingerprint density at radius 1 is 1.15 bits per heavy atom. The Bertz CT molecular complexity index is 613. The lowest BCUT2D eigenvalue weighted by molar-refractivity contribution is 0.352. The second-order valence-corrected chi connectivity index (χ2v) is 6.29. The number of anilines is 1. The molecule has 1 aliphatic heterocycles. The quantitative estimate of drug-likeness (QED) is 0.837. The lowest BCUT2D eigenvalue weighted by Gasteiger charge is -2.31. The molecule has 1 saturated carbocycles. The predicted octanol–water partition coefficient (Wildman–Crippen LogP) is 3.43. The molecule has 2 fully saturated rings. The summed E-state index contributed by atoms with van der Waals surface area (Å²) >= 11 is 0. The Morgan fingerprint density at radius 3 is 2.70 bits per heavy atom. The summed E-state index contributed by atoms with van der Waals surface area (Å²) in [7, 11) is 0. The second-order valence-electron chi connectivity index (χ2n) is 6.29. The van der Waals surface area contributed by atoms with E-state index < -0.39 is 0 Å². The monoisotopic (exact) mass is 269 g/mol. The van der Waals surface area contributed by atoms with Crippen molar-refractivity contribution in [3.63, 3.8) is 0 Å². The Labute approximate surface area is 118 Å². The topological polar surface area (TPSA) is 42.2 Å². The molecule has 0 radical (unpaired) electrons. The van der Waals surface area contributed by atoms with Gasteiger partial charge in [0.15, 0.2) is 0 Å². The van der Waals surface area contributed by atoms with Crippen molar-refractivity contribution in [3.05, 3.63) is 29.8 Å². The van der Waals surface area contributed by atoms with Crippen LogP contribution in [0.3, 0.4) is 0 Å². The fourth-order valence-corrected chi connectivity index (χ4v) is 3.12. The molecular weight excluding hydrogens is 250 g/mol. The van der Waals surface area contributed by atoms with Gasteiger partial charge in [0.05, 0.1) is 0 Å². The van der Waals surface area contributed by atoms with Gasteiger partial charge in [-0.15, -0.1) is 0 Å². The third kappa shape index (κ3) is 2.09. The fourth-order valence-electron chi connectivity index (χ4n) is 3.12. The molecular formula is C16H19N3O. The molecule has 2 aromatic rings. The van der Waals surface area contributed by atoms with E-state index in [0.29, 0.717) is 17.3 Å². The lowest BCUT2D eigenvalue weighted by atomic mass is 9.95. The summed E-state index contributed by atoms with van der Waals surface area (Å²) in [5, 5.41) is 4.13. The highest BCUT2D eigenvalue weighted by molar-refractivity contribution is 5.56. The van der Waals surface area contributed by atoms with Gasteiger partial charge in [0.25, 0.3) is 0 Å². The first-order valence-corrected chi connectivity index (χ1v) is 7.40. The number of aryl methyl sites for hydroxylation is 1. The summed E-state index contributed by atoms with van der Waals surface area (Å²) in [6.45, 7) is 4.20. The Kier molecular flexibility index (Phi) is 2.59. The molecule has 0 atom stereocenters. The van der Waals surface area contributed by atoms with Crippen LogP contribution in [0.4, 0.5) is 6.01 Å². The van der Waals surface area contributed by atoms with Crippen LogP contribution in [0.15, 0.2) is 28.8 Å². The molecule has 104 valence electrons. The van der Waals surface area contributed by atoms with Crippen LogP contribution in [-0.4, -0.2) is 23.2 Å². The van der Waals surface area contributed by atoms with Crippen LogP contribution >= 0.6 is 0 Å². The van der Waals surface area contributed by atoms with Crippen molar-refractivity contribution in [1.82, 2.24) is 10.1 Å². The van der Waals surface area contributed by atoms with Gasteiger partial charge in [-0.25, -0.2) is 0 Å². The average Bonchev–Trinajstić information content (AvgIpc) is 3.04. The maximum absolute atomic E-state index is 5.47. The Morgan fingerprint density at radius 2 is 1.95 bits per heavy atom. The average molecular weight is 269 g/mol. The first-order chi connectivity index (χ1) is 9.74. The molecule has 1 aromatic carbocycles. The first kappa shape index (κ1) is 11.9. The highest BCUT2D eigenvalue weighted by Crippen LogP contribution is 2.52. The summed E-state index contributed by atoms with van der Waals surface area (Å²) in [4.78, 5) is 6.84. The number of nitrogens with zero attached hydrogens (tertiary/aromatic N) is 3. The lowest BCUT2D eigenvalue weighted by Crippen LogP contribution is -2.36. The van der Waals surface area contributed by atoms with E-state index in [9.17, 15) is 0 Å². The van der Waals surface area contributed by atoms with Crippen LogP contribution in [0.25, 0.3) is 11.4 Å². The zero-order chi connectivity index (χ0) is 13.6. The number of hydrogen-bond acceptors (Lipinski definition) is 4. The van der Waals surface area contributed by atoms with E-state index in [4.69, 9.17) is 4.52 Å². The number of aromatic nitrogens is 2. The van der Waals surface area contributed by atoms with Gasteiger partial charge in [0, 0.05) is 18.7 Å². The van der Waals surface area contributed by atoms with Crippen LogP contribution in [0.2, 0.25) is 0 Å². The van der Waals surface area contributed by atoms with Crippen LogP contribution in [-0.2, 0) is 0 Å². The van der Waals surface area contributed by atoms with Gasteiger partial charge < -0.3 is 9.42 Å². The van der Waals surface area contributed by atoms with Gasteiger partial charge >= 0.3 is 6.01 Å². The van der Waals surface area contributed by atoms with Crippen molar-refractivity contribution < 1.29 is 4.52 Å². The van der Waals surface area contributed by atoms with E-state index in [1.807, 2.05) is 12.1 Å². The minimum atomic E-state index is 0.566. The summed E-state index contributed by atoms with van der Waals surface area (Å²) in [5.74, 6) is 0.690. The minimum Gasteiger partial charge on any atom is -0.324 e. The van der Waals surface area contributed by atoms with Crippen LogP contribution in [0.1, 0.15) is 31.2 Å². The van der Waals surface area contributed by atoms with Crippen molar-refractivity contribution in [1.29, 1.82) is 0 Å². The van der Waals surface area contributed by atoms with Crippen molar-refractivity contribution >= 4 is 6.01 Å². The van der Waals surface area contributed by atoms with Gasteiger partial charge in [-0.3, -0.25) is 0 Å². The Balaban J connectivity index is 1.57. The third-order valence-electron chi connectivity index (χ3n) is 4.61. The molecule has 0 N–H and O–H groups in total. The number of hydrogen-bond donors (Lipinski definition) is 0. The van der Waals surface area contributed by atoms with Gasteiger partial charge in [-0.05, 0) is 38.0 Å². The van der Waals surface area contributed by atoms with E-state index in [-0.39, 0.29) is 0 Å². The number of benzene rings is 1. The largest absolute Gasteiger partial charge is 0.324 e. The summed E-state index contributed by atoms with van der Waals surface area (Å²) in [5.41, 5.74) is 2.82. The Hall–Kier alpha value is -1.84. The minimum absolute atomic E-state index is 0.566. The molecule has 2 aliphatic rings. The smallest absolute Gasteiger partial charge is 0.324 e. The molecule has 4 nitrogen and oxygen atoms in total. The van der Waals surface area contributed by atoms with Crippen molar-refractivity contribution in [2.24, 2.45) is 5.41 Å². The number of rotatable bonds is 2. The van der Waals surface area contributed by atoms with Crippen LogP contribution in [0, 0.1) is 12.3 Å². The van der Waals surface area contributed by atoms with Gasteiger partial charge in [0.1, 0.15) is 0 Å². The predicted molar refractivity (Wildman–Crippen MR) is 77.6 cm³/mol. The third-order valence-corrected chi connectivity index (χ3v) is 4.61. The second kappa shape index (κ2) is 4.33. The molecule has 20 heavy (non-hydrogen) atoms. The standard InChI is InChI=1S/C16H19N3O/c1-12-3-5-13(6-4-12)14-17-15(20-18-14)19-10-2-7-16(11-19)8-9-16/h3-6H,2,7-11H2,1H3. The summed E-state index contributed by atoms with van der Waals surface area (Å²) < 4.78 is 5.47. The van der Waals surface area contributed by atoms with Crippen molar-refractivity contribution in [3.8, 4) is 11.4 Å². The summed E-state index contributed by atoms with van der Waals surface area (Å²) in [6.07, 6.45) is 5.33. The molecule has 4 heteroatoms. The molecule has 1 aromatic heterocycles. The molecule has 4 rings (SSSR count). The highest BCUT2D eigenvalue weighted by atomic mass is 16.5. The molecule has 0 unspecified atom stereocenters. The SMILES string of the molecule is Cc1ccc(-c2noc(N3CCCC4(CC4)C3)n2)cc1. The van der Waals surface area contributed by atoms with E-state index in [1.165, 1.54) is 31.2 Å². The summed E-state index contributed by atoms with van der Waals surface area (Å²) in [6, 6.07) is 8.92. The zero-order valence-corrected chi connectivity index (χ0v) is 11.8. The fraction of sp³-hybridized carbons (Fsp3) is 0.500. The van der Waals surface area contributed by atoms with Gasteiger partial charge in [-0.1, -0.05) is 35.0 Å². The maximum atomic E-state index is 5.47. The highest BCUT2D eigenvalue weighted by Gasteiger charge is 2.46. The molecule has 0 bridgehead atoms. The van der Waals surface area contributed by atoms with Gasteiger partial charge in [-0.2, -0.15) is 4.98 Å². The van der Waals surface area contributed by atoms with Crippen molar-refractivity contribution in [2.75, 3.05) is 18.0 Å². The van der Waals surface area contributed by atoms with Gasteiger partial charge in [0.2, 0.25) is 5.82 Å². The van der Waals surface area contributed by atoms with E-state index in [1.54, 1.807) is 0 Å². The maximum Gasteiger partial charge on any atom is 0.324 e. The molecule has 1 saturated heterocycles. The first-order valence-electron chi connectivity index (χ1n) is 7.40. The molecule has 1 aliphatic carbocycles. The van der Waals surface area contributed by atoms with E-state index in [0.717, 1.165) is 18.7 Å².